The van der Waals surface area contributed by atoms with Gasteiger partial charge in [0.1, 0.15) is 34.9 Å². The van der Waals surface area contributed by atoms with Gasteiger partial charge in [-0.2, -0.15) is 5.26 Å². The third kappa shape index (κ3) is 6.46. The second-order valence-corrected chi connectivity index (χ2v) is 9.04. The van der Waals surface area contributed by atoms with Crippen molar-refractivity contribution in [2.45, 2.75) is 32.7 Å². The molecule has 0 spiro atoms. The number of hydrogen-bond acceptors (Lipinski definition) is 7. The fourth-order valence-corrected chi connectivity index (χ4v) is 3.99. The molecule has 2 aromatic carbocycles. The Balaban J connectivity index is 1.42. The molecule has 0 bridgehead atoms. The number of carbonyl (C=O) groups is 1. The minimum absolute atomic E-state index is 0.102. The molecule has 3 aromatic rings. The van der Waals surface area contributed by atoms with Crippen LogP contribution in [0.3, 0.4) is 0 Å². The van der Waals surface area contributed by atoms with E-state index >= 15 is 0 Å². The van der Waals surface area contributed by atoms with Crippen molar-refractivity contribution in [1.29, 1.82) is 5.26 Å². The summed E-state index contributed by atoms with van der Waals surface area (Å²) in [7, 11) is 0. The van der Waals surface area contributed by atoms with Crippen LogP contribution in [-0.4, -0.2) is 30.1 Å². The summed E-state index contributed by atoms with van der Waals surface area (Å²) in [5.74, 6) is 2.57. The van der Waals surface area contributed by atoms with Gasteiger partial charge in [-0.25, -0.2) is 4.98 Å². The maximum Gasteiger partial charge on any atom is 0.217 e. The van der Waals surface area contributed by atoms with Crippen LogP contribution >= 0.6 is 11.3 Å². The van der Waals surface area contributed by atoms with Gasteiger partial charge in [0, 0.05) is 18.6 Å². The molecule has 1 saturated carbocycles. The minimum Gasteiger partial charge on any atom is -0.493 e. The maximum absolute atomic E-state index is 11.1. The Kier molecular flexibility index (Phi) is 7.10. The second kappa shape index (κ2) is 10.4. The first kappa shape index (κ1) is 22.6. The number of benzene rings is 2. The first-order chi connectivity index (χ1) is 16.0. The lowest BCUT2D eigenvalue weighted by Crippen LogP contribution is -2.35. The third-order valence-electron chi connectivity index (χ3n) is 4.98. The van der Waals surface area contributed by atoms with Gasteiger partial charge in [-0.15, -0.1) is 0 Å². The van der Waals surface area contributed by atoms with Crippen molar-refractivity contribution in [3.05, 3.63) is 54.2 Å². The van der Waals surface area contributed by atoms with E-state index in [9.17, 15) is 10.1 Å². The van der Waals surface area contributed by atoms with Crippen LogP contribution in [0.5, 0.6) is 22.3 Å². The van der Waals surface area contributed by atoms with E-state index in [4.69, 9.17) is 14.2 Å². The number of ether oxygens (including phenoxy) is 3. The Bertz CT molecular complexity index is 1170. The Labute approximate surface area is 196 Å². The molecule has 4 rings (SSSR count). The van der Waals surface area contributed by atoms with E-state index in [-0.39, 0.29) is 11.9 Å². The van der Waals surface area contributed by atoms with Gasteiger partial charge in [0.05, 0.1) is 24.4 Å². The van der Waals surface area contributed by atoms with Crippen molar-refractivity contribution in [3.63, 3.8) is 0 Å². The fraction of sp³-hybridized carbons (Fsp3) is 0.320. The monoisotopic (exact) mass is 463 g/mol. The van der Waals surface area contributed by atoms with Crippen molar-refractivity contribution < 1.29 is 19.0 Å². The highest BCUT2D eigenvalue weighted by Crippen LogP contribution is 2.35. The summed E-state index contributed by atoms with van der Waals surface area (Å²) in [4.78, 5) is 15.5. The van der Waals surface area contributed by atoms with E-state index in [0.717, 1.165) is 12.4 Å². The molecule has 1 N–H and O–H groups in total. The molecule has 8 heteroatoms. The van der Waals surface area contributed by atoms with Gasteiger partial charge in [0.25, 0.3) is 0 Å². The van der Waals surface area contributed by atoms with Crippen molar-refractivity contribution in [3.8, 4) is 39.0 Å². The summed E-state index contributed by atoms with van der Waals surface area (Å²) in [6, 6.07) is 15.0. The first-order valence-corrected chi connectivity index (χ1v) is 11.6. The molecule has 0 aliphatic heterocycles. The second-order valence-electron chi connectivity index (χ2n) is 8.05. The molecule has 1 atom stereocenters. The molecule has 170 valence electrons. The topological polar surface area (TPSA) is 93.5 Å². The van der Waals surface area contributed by atoms with Crippen LogP contribution in [0.2, 0.25) is 0 Å². The molecule has 0 unspecified atom stereocenters. The lowest BCUT2D eigenvalue weighted by Gasteiger charge is -2.12. The smallest absolute Gasteiger partial charge is 0.217 e. The molecule has 7 nitrogen and oxygen atoms in total. The molecule has 0 radical (unpaired) electrons. The quantitative estimate of drug-likeness (QED) is 0.446. The number of thiazole rings is 1. The fourth-order valence-electron chi connectivity index (χ4n) is 3.17. The molecule has 33 heavy (non-hydrogen) atoms. The lowest BCUT2D eigenvalue weighted by molar-refractivity contribution is -0.119. The van der Waals surface area contributed by atoms with Gasteiger partial charge in [-0.1, -0.05) is 17.4 Å². The van der Waals surface area contributed by atoms with Gasteiger partial charge in [-0.05, 0) is 56.0 Å². The van der Waals surface area contributed by atoms with E-state index in [1.807, 2.05) is 43.3 Å². The van der Waals surface area contributed by atoms with Gasteiger partial charge in [-0.3, -0.25) is 4.79 Å². The van der Waals surface area contributed by atoms with Crippen LogP contribution in [0.15, 0.2) is 48.7 Å². The SMILES string of the molecule is CC(=O)N[C@@H](C)COc1cnc(-c2ccc(Oc3cccc(OCC4CC4)c3)cc2C#N)s1. The lowest BCUT2D eigenvalue weighted by atomic mass is 10.1. The predicted octanol–water partition coefficient (Wildman–Crippen LogP) is 5.17. The van der Waals surface area contributed by atoms with E-state index < -0.39 is 0 Å². The van der Waals surface area contributed by atoms with E-state index in [1.165, 1.54) is 31.1 Å². The van der Waals surface area contributed by atoms with Gasteiger partial charge in [0.15, 0.2) is 5.06 Å². The molecule has 1 amide bonds. The van der Waals surface area contributed by atoms with Gasteiger partial charge < -0.3 is 19.5 Å². The molecule has 1 aliphatic carbocycles. The molecular formula is C25H25N3O4S. The number of nitriles is 1. The van der Waals surface area contributed by atoms with Crippen LogP contribution in [0.4, 0.5) is 0 Å². The van der Waals surface area contributed by atoms with E-state index in [1.54, 1.807) is 12.3 Å². The molecule has 0 saturated heterocycles. The van der Waals surface area contributed by atoms with Crippen LogP contribution in [0.1, 0.15) is 32.3 Å². The Morgan fingerprint density at radius 2 is 2.00 bits per heavy atom. The minimum atomic E-state index is -0.114. The Morgan fingerprint density at radius 1 is 1.21 bits per heavy atom. The van der Waals surface area contributed by atoms with Crippen LogP contribution in [0, 0.1) is 17.2 Å². The summed E-state index contributed by atoms with van der Waals surface area (Å²) < 4.78 is 17.5. The third-order valence-corrected chi connectivity index (χ3v) is 5.92. The van der Waals surface area contributed by atoms with Crippen molar-refractivity contribution >= 4 is 17.2 Å². The number of nitrogens with zero attached hydrogens (tertiary/aromatic N) is 2. The number of carbonyl (C=O) groups excluding carboxylic acids is 1. The Hall–Kier alpha value is -3.57. The predicted molar refractivity (Wildman–Crippen MR) is 126 cm³/mol. The highest BCUT2D eigenvalue weighted by molar-refractivity contribution is 7.16. The summed E-state index contributed by atoms with van der Waals surface area (Å²) in [5, 5.41) is 13.8. The summed E-state index contributed by atoms with van der Waals surface area (Å²) in [6.07, 6.45) is 4.10. The zero-order valence-corrected chi connectivity index (χ0v) is 19.4. The van der Waals surface area contributed by atoms with E-state index in [2.05, 4.69) is 16.4 Å². The zero-order valence-electron chi connectivity index (χ0n) is 18.5. The molecule has 1 heterocycles. The number of nitrogens with one attached hydrogen (secondary N) is 1. The summed E-state index contributed by atoms with van der Waals surface area (Å²) in [5.41, 5.74) is 1.17. The van der Waals surface area contributed by atoms with Gasteiger partial charge in [0.2, 0.25) is 5.91 Å². The molecule has 1 aliphatic rings. The average Bonchev–Trinajstić information content (AvgIpc) is 3.51. The molecule has 1 aromatic heterocycles. The highest BCUT2D eigenvalue weighted by atomic mass is 32.1. The van der Waals surface area contributed by atoms with Crippen molar-refractivity contribution in [1.82, 2.24) is 10.3 Å². The van der Waals surface area contributed by atoms with Gasteiger partial charge >= 0.3 is 0 Å². The molecular weight excluding hydrogens is 438 g/mol. The zero-order chi connectivity index (χ0) is 23.2. The summed E-state index contributed by atoms with van der Waals surface area (Å²) >= 11 is 1.35. The van der Waals surface area contributed by atoms with Crippen molar-refractivity contribution in [2.24, 2.45) is 5.92 Å². The van der Waals surface area contributed by atoms with E-state index in [0.29, 0.717) is 45.2 Å². The van der Waals surface area contributed by atoms with Crippen LogP contribution < -0.4 is 19.5 Å². The number of hydrogen-bond donors (Lipinski definition) is 1. The Morgan fingerprint density at radius 3 is 2.76 bits per heavy atom. The van der Waals surface area contributed by atoms with Crippen molar-refractivity contribution in [2.75, 3.05) is 13.2 Å². The standard InChI is InChI=1S/C25H25N3O4S/c1-16(28-17(2)29)14-31-24-13-27-25(33-24)23-9-8-22(10-19(23)12-26)32-21-5-3-4-20(11-21)30-15-18-6-7-18/h3-5,8-11,13,16,18H,6-7,14-15H2,1-2H3,(H,28,29)/t16-/m0/s1. The number of aromatic nitrogens is 1. The normalized spacial score (nSPS) is 13.6. The first-order valence-electron chi connectivity index (χ1n) is 10.8. The number of rotatable bonds is 10. The van der Waals surface area contributed by atoms with Crippen LogP contribution in [0.25, 0.3) is 10.6 Å². The molecule has 1 fully saturated rings. The number of amides is 1. The highest BCUT2D eigenvalue weighted by Gasteiger charge is 2.22. The average molecular weight is 464 g/mol. The maximum atomic E-state index is 11.1. The summed E-state index contributed by atoms with van der Waals surface area (Å²) in [6.45, 7) is 4.41. The van der Waals surface area contributed by atoms with Crippen LogP contribution in [-0.2, 0) is 4.79 Å². The largest absolute Gasteiger partial charge is 0.493 e.